The maximum absolute atomic E-state index is 12.4. The molecule has 2 saturated heterocycles. The third kappa shape index (κ3) is 3.92. The van der Waals surface area contributed by atoms with E-state index in [2.05, 4.69) is 4.90 Å². The minimum Gasteiger partial charge on any atom is -0.478 e. The molecule has 2 heterocycles. The lowest BCUT2D eigenvalue weighted by molar-refractivity contribution is -0.154. The molecule has 0 spiro atoms. The minimum absolute atomic E-state index is 0.194. The lowest BCUT2D eigenvalue weighted by Crippen LogP contribution is -2.62. The number of primary amides is 1. The quantitative estimate of drug-likeness (QED) is 0.547. The van der Waals surface area contributed by atoms with Gasteiger partial charge in [0.15, 0.2) is 0 Å². The molecule has 3 fully saturated rings. The van der Waals surface area contributed by atoms with Crippen molar-refractivity contribution >= 4 is 17.8 Å². The molecule has 2 unspecified atom stereocenters. The first-order valence-corrected chi connectivity index (χ1v) is 9.59. The van der Waals surface area contributed by atoms with Crippen molar-refractivity contribution in [1.29, 1.82) is 0 Å². The maximum Gasteiger partial charge on any atom is 0.331 e. The molecule has 7 nitrogen and oxygen atoms in total. The highest BCUT2D eigenvalue weighted by Crippen LogP contribution is 2.46. The van der Waals surface area contributed by atoms with E-state index in [1.54, 1.807) is 0 Å². The van der Waals surface area contributed by atoms with Gasteiger partial charge in [-0.25, -0.2) is 9.59 Å². The number of nitrogens with two attached hydrogens (primary N) is 1. The molecule has 26 heavy (non-hydrogen) atoms. The first-order chi connectivity index (χ1) is 12.4. The molecule has 0 aromatic carbocycles. The summed E-state index contributed by atoms with van der Waals surface area (Å²) in [5, 5.41) is 8.60. The molecule has 1 amide bonds. The van der Waals surface area contributed by atoms with Crippen LogP contribution in [0.15, 0.2) is 12.2 Å². The number of amides is 1. The normalized spacial score (nSPS) is 32.6. The molecular weight excluding hydrogens is 336 g/mol. The second kappa shape index (κ2) is 7.78. The van der Waals surface area contributed by atoms with Crippen molar-refractivity contribution in [2.24, 2.45) is 11.7 Å². The van der Waals surface area contributed by atoms with Crippen LogP contribution in [-0.4, -0.2) is 52.1 Å². The molecule has 3 rings (SSSR count). The Morgan fingerprint density at radius 2 is 1.88 bits per heavy atom. The lowest BCUT2D eigenvalue weighted by Gasteiger charge is -2.47. The number of carbonyl (C=O) groups excluding carboxylic acids is 2. The van der Waals surface area contributed by atoms with E-state index in [4.69, 9.17) is 15.6 Å². The van der Waals surface area contributed by atoms with Crippen LogP contribution in [0.3, 0.4) is 0 Å². The van der Waals surface area contributed by atoms with Crippen molar-refractivity contribution in [2.45, 2.75) is 75.5 Å². The molecule has 3 atom stereocenters. The van der Waals surface area contributed by atoms with Gasteiger partial charge in [0.05, 0.1) is 0 Å². The number of carbonyl (C=O) groups is 3. The Balaban J connectivity index is 1.68. The van der Waals surface area contributed by atoms with Crippen LogP contribution >= 0.6 is 0 Å². The van der Waals surface area contributed by atoms with E-state index in [-0.39, 0.29) is 11.9 Å². The highest BCUT2D eigenvalue weighted by atomic mass is 16.5. The van der Waals surface area contributed by atoms with Gasteiger partial charge < -0.3 is 15.6 Å². The van der Waals surface area contributed by atoms with E-state index >= 15 is 0 Å². The molecule has 2 aliphatic heterocycles. The second-order valence-corrected chi connectivity index (χ2v) is 7.92. The summed E-state index contributed by atoms with van der Waals surface area (Å²) in [5.41, 5.74) is 5.08. The van der Waals surface area contributed by atoms with Crippen LogP contribution in [0.25, 0.3) is 0 Å². The molecule has 1 saturated carbocycles. The number of piperidine rings is 1. The zero-order chi connectivity index (χ0) is 18.7. The maximum atomic E-state index is 12.4. The molecule has 0 radical (unpaired) electrons. The lowest BCUT2D eigenvalue weighted by atomic mass is 9.82. The fourth-order valence-corrected chi connectivity index (χ4v) is 5.05. The van der Waals surface area contributed by atoms with Crippen LogP contribution < -0.4 is 5.73 Å². The van der Waals surface area contributed by atoms with Crippen molar-refractivity contribution in [1.82, 2.24) is 4.90 Å². The van der Waals surface area contributed by atoms with Gasteiger partial charge in [-0.15, -0.1) is 0 Å². The van der Waals surface area contributed by atoms with Crippen LogP contribution in [0.2, 0.25) is 0 Å². The summed E-state index contributed by atoms with van der Waals surface area (Å²) >= 11 is 0. The van der Waals surface area contributed by atoms with Crippen LogP contribution in [-0.2, 0) is 19.1 Å². The van der Waals surface area contributed by atoms with Crippen LogP contribution in [0.1, 0.15) is 57.8 Å². The molecule has 1 aliphatic carbocycles. The highest BCUT2D eigenvalue weighted by molar-refractivity contribution is 5.91. The monoisotopic (exact) mass is 364 g/mol. The Bertz CT molecular complexity index is 599. The second-order valence-electron chi connectivity index (χ2n) is 7.92. The van der Waals surface area contributed by atoms with Gasteiger partial charge in [0, 0.05) is 37.6 Å². The summed E-state index contributed by atoms with van der Waals surface area (Å²) in [6.07, 6.45) is 10.2. The standard InChI is InChI=1S/C19H28N2O5/c20-18(25)19-9-8-14(21(19)12-13-4-2-1-3-5-13)10-15(11-19)26-17(24)7-6-16(22)23/h6-7,13-15H,1-5,8-12H2,(H2,20,25)(H,22,23)/b7-6+/t14?,15-,19?/m0/s1. The van der Waals surface area contributed by atoms with E-state index in [1.165, 1.54) is 32.1 Å². The number of hydrogen-bond acceptors (Lipinski definition) is 5. The van der Waals surface area contributed by atoms with Gasteiger partial charge >= 0.3 is 11.9 Å². The topological polar surface area (TPSA) is 110 Å². The minimum atomic E-state index is -1.20. The third-order valence-corrected chi connectivity index (χ3v) is 6.27. The zero-order valence-corrected chi connectivity index (χ0v) is 15.1. The van der Waals surface area contributed by atoms with Crippen LogP contribution in [0, 0.1) is 5.92 Å². The molecule has 0 aromatic heterocycles. The SMILES string of the molecule is NC(=O)C12CCC(C[C@H](OC(=O)/C=C/C(=O)O)C1)N2CC1CCCCC1. The predicted molar refractivity (Wildman–Crippen MR) is 94.1 cm³/mol. The van der Waals surface area contributed by atoms with Crippen molar-refractivity contribution < 1.29 is 24.2 Å². The number of nitrogens with zero attached hydrogens (tertiary/aromatic N) is 1. The average molecular weight is 364 g/mol. The average Bonchev–Trinajstić information content (AvgIpc) is 2.81. The predicted octanol–water partition coefficient (Wildman–Crippen LogP) is 1.60. The van der Waals surface area contributed by atoms with Crippen LogP contribution in [0.4, 0.5) is 0 Å². The van der Waals surface area contributed by atoms with E-state index < -0.39 is 23.6 Å². The fourth-order valence-electron chi connectivity index (χ4n) is 5.05. The number of fused-ring (bicyclic) bond motifs is 2. The number of aliphatic carboxylic acids is 1. The van der Waals surface area contributed by atoms with Gasteiger partial charge in [0.2, 0.25) is 5.91 Å². The molecule has 3 N–H and O–H groups in total. The van der Waals surface area contributed by atoms with Gasteiger partial charge in [-0.1, -0.05) is 19.3 Å². The van der Waals surface area contributed by atoms with Gasteiger partial charge in [-0.2, -0.15) is 0 Å². The van der Waals surface area contributed by atoms with Crippen molar-refractivity contribution in [3.8, 4) is 0 Å². The molecule has 144 valence electrons. The third-order valence-electron chi connectivity index (χ3n) is 6.27. The largest absolute Gasteiger partial charge is 0.478 e. The van der Waals surface area contributed by atoms with Gasteiger partial charge in [0.25, 0.3) is 0 Å². The zero-order valence-electron chi connectivity index (χ0n) is 15.1. The van der Waals surface area contributed by atoms with Gasteiger partial charge in [-0.3, -0.25) is 9.69 Å². The molecule has 7 heteroatoms. The first kappa shape index (κ1) is 18.9. The Kier molecular flexibility index (Phi) is 5.65. The van der Waals surface area contributed by atoms with E-state index in [0.29, 0.717) is 25.2 Å². The van der Waals surface area contributed by atoms with Crippen molar-refractivity contribution in [2.75, 3.05) is 6.54 Å². The first-order valence-electron chi connectivity index (χ1n) is 9.59. The Morgan fingerprint density at radius 1 is 1.15 bits per heavy atom. The smallest absolute Gasteiger partial charge is 0.331 e. The Labute approximate surface area is 153 Å². The summed E-state index contributed by atoms with van der Waals surface area (Å²) in [4.78, 5) is 37.0. The molecule has 0 aromatic rings. The number of hydrogen-bond donors (Lipinski definition) is 2. The van der Waals surface area contributed by atoms with Gasteiger partial charge in [0.1, 0.15) is 11.6 Å². The van der Waals surface area contributed by atoms with E-state index in [0.717, 1.165) is 25.1 Å². The van der Waals surface area contributed by atoms with Crippen molar-refractivity contribution in [3.63, 3.8) is 0 Å². The van der Waals surface area contributed by atoms with Crippen LogP contribution in [0.5, 0.6) is 0 Å². The van der Waals surface area contributed by atoms with E-state index in [1.807, 2.05) is 0 Å². The number of rotatable bonds is 6. The fraction of sp³-hybridized carbons (Fsp3) is 0.737. The highest BCUT2D eigenvalue weighted by Gasteiger charge is 2.56. The number of ether oxygens (including phenoxy) is 1. The Hall–Kier alpha value is -1.89. The molecule has 2 bridgehead atoms. The number of carboxylic acid groups (broad SMARTS) is 1. The van der Waals surface area contributed by atoms with Crippen molar-refractivity contribution in [3.05, 3.63) is 12.2 Å². The molecular formula is C19H28N2O5. The summed E-state index contributed by atoms with van der Waals surface area (Å²) < 4.78 is 5.41. The van der Waals surface area contributed by atoms with E-state index in [9.17, 15) is 14.4 Å². The Morgan fingerprint density at radius 3 is 2.54 bits per heavy atom. The summed E-state index contributed by atoms with van der Waals surface area (Å²) in [6, 6.07) is 0.194. The summed E-state index contributed by atoms with van der Waals surface area (Å²) in [6.45, 7) is 0.896. The summed E-state index contributed by atoms with van der Waals surface area (Å²) in [7, 11) is 0. The summed E-state index contributed by atoms with van der Waals surface area (Å²) in [5.74, 6) is -1.60. The number of esters is 1. The molecule has 3 aliphatic rings. The van der Waals surface area contributed by atoms with Gasteiger partial charge in [-0.05, 0) is 31.6 Å². The number of carboxylic acids is 1.